The standard InChI is InChI=1S/C64H47N/c1-63(2)57-30-17-15-28-54(57)55-39-38-53(43-60(55)63)65(52-36-34-46(35-37-52)49-41-47(44-20-7-3-8-21-44)40-48(42-49)45-22-9-4-10-23-45)61-33-19-32-59-62(61)56-29-16-18-31-58(56)64(59,50-24-11-5-12-25-50)51-26-13-6-14-27-51/h3-43H,1-2H3. The zero-order valence-corrected chi connectivity index (χ0v) is 36.6. The summed E-state index contributed by atoms with van der Waals surface area (Å²) in [6.45, 7) is 4.75. The molecular weight excluding hydrogens is 783 g/mol. The second kappa shape index (κ2) is 15.4. The summed E-state index contributed by atoms with van der Waals surface area (Å²) in [6, 6.07) is 92.0. The van der Waals surface area contributed by atoms with Crippen molar-refractivity contribution in [3.05, 3.63) is 282 Å². The van der Waals surface area contributed by atoms with E-state index in [2.05, 4.69) is 267 Å². The lowest BCUT2D eigenvalue weighted by molar-refractivity contribution is 0.660. The number of anilines is 3. The maximum absolute atomic E-state index is 2.51. The van der Waals surface area contributed by atoms with Crippen LogP contribution in [0.15, 0.2) is 249 Å². The van der Waals surface area contributed by atoms with Gasteiger partial charge < -0.3 is 4.90 Å². The van der Waals surface area contributed by atoms with Gasteiger partial charge >= 0.3 is 0 Å². The van der Waals surface area contributed by atoms with E-state index in [-0.39, 0.29) is 5.41 Å². The zero-order chi connectivity index (χ0) is 43.5. The molecular formula is C64H47N. The minimum absolute atomic E-state index is 0.154. The van der Waals surface area contributed by atoms with Gasteiger partial charge in [-0.25, -0.2) is 0 Å². The van der Waals surface area contributed by atoms with E-state index in [1.807, 2.05) is 0 Å². The molecule has 0 spiro atoms. The third-order valence-electron chi connectivity index (χ3n) is 14.1. The summed E-state index contributed by atoms with van der Waals surface area (Å²) >= 11 is 0. The van der Waals surface area contributed by atoms with Crippen molar-refractivity contribution in [2.75, 3.05) is 4.90 Å². The van der Waals surface area contributed by atoms with Gasteiger partial charge in [0.15, 0.2) is 0 Å². The fraction of sp³-hybridized carbons (Fsp3) is 0.0625. The SMILES string of the molecule is CC1(C)c2ccccc2-c2ccc(N(c3ccc(-c4cc(-c5ccccc5)cc(-c5ccccc5)c4)cc3)c3cccc4c3-c3ccccc3C4(c3ccccc3)c3ccccc3)cc21. The number of rotatable bonds is 8. The Balaban J connectivity index is 1.08. The van der Waals surface area contributed by atoms with Gasteiger partial charge in [-0.15, -0.1) is 0 Å². The van der Waals surface area contributed by atoms with Crippen LogP contribution in [-0.2, 0) is 10.8 Å². The molecule has 0 bridgehead atoms. The molecule has 308 valence electrons. The lowest BCUT2D eigenvalue weighted by Gasteiger charge is -2.34. The first-order valence-corrected chi connectivity index (χ1v) is 22.8. The molecule has 0 saturated carbocycles. The van der Waals surface area contributed by atoms with Gasteiger partial charge in [-0.3, -0.25) is 0 Å². The van der Waals surface area contributed by atoms with E-state index in [1.165, 1.54) is 89.0 Å². The summed E-state index contributed by atoms with van der Waals surface area (Å²) in [5.74, 6) is 0. The molecule has 0 amide bonds. The van der Waals surface area contributed by atoms with Crippen molar-refractivity contribution in [3.63, 3.8) is 0 Å². The normalized spacial score (nSPS) is 13.6. The smallest absolute Gasteiger partial charge is 0.0714 e. The van der Waals surface area contributed by atoms with E-state index in [0.29, 0.717) is 0 Å². The first-order chi connectivity index (χ1) is 32.0. The van der Waals surface area contributed by atoms with Gasteiger partial charge in [0.05, 0.1) is 11.1 Å². The highest BCUT2D eigenvalue weighted by molar-refractivity contribution is 5.98. The van der Waals surface area contributed by atoms with Crippen molar-refractivity contribution in [3.8, 4) is 55.6 Å². The van der Waals surface area contributed by atoms with Gasteiger partial charge in [0.25, 0.3) is 0 Å². The minimum atomic E-state index is -0.512. The molecule has 0 aliphatic heterocycles. The second-order valence-electron chi connectivity index (χ2n) is 18.0. The molecule has 0 heterocycles. The molecule has 12 rings (SSSR count). The number of hydrogen-bond acceptors (Lipinski definition) is 1. The van der Waals surface area contributed by atoms with Crippen LogP contribution in [0.3, 0.4) is 0 Å². The van der Waals surface area contributed by atoms with Crippen LogP contribution in [0.1, 0.15) is 47.2 Å². The monoisotopic (exact) mass is 829 g/mol. The summed E-state index contributed by atoms with van der Waals surface area (Å²) in [6.07, 6.45) is 0. The van der Waals surface area contributed by atoms with Crippen LogP contribution in [0.5, 0.6) is 0 Å². The fourth-order valence-corrected chi connectivity index (χ4v) is 11.1. The van der Waals surface area contributed by atoms with E-state index < -0.39 is 5.41 Å². The van der Waals surface area contributed by atoms with Crippen molar-refractivity contribution in [1.82, 2.24) is 0 Å². The Morgan fingerprint density at radius 1 is 0.292 bits per heavy atom. The summed E-state index contributed by atoms with van der Waals surface area (Å²) in [4.78, 5) is 2.51. The molecule has 2 aliphatic carbocycles. The molecule has 0 aromatic heterocycles. The molecule has 1 heteroatoms. The van der Waals surface area contributed by atoms with Gasteiger partial charge in [0.1, 0.15) is 0 Å². The van der Waals surface area contributed by atoms with Crippen LogP contribution in [-0.4, -0.2) is 0 Å². The minimum Gasteiger partial charge on any atom is -0.310 e. The van der Waals surface area contributed by atoms with Crippen LogP contribution in [0.4, 0.5) is 17.1 Å². The average Bonchev–Trinajstić information content (AvgIpc) is 3.81. The molecule has 0 radical (unpaired) electrons. The predicted molar refractivity (Wildman–Crippen MR) is 272 cm³/mol. The topological polar surface area (TPSA) is 3.24 Å². The lowest BCUT2D eigenvalue weighted by atomic mass is 9.68. The van der Waals surface area contributed by atoms with Crippen molar-refractivity contribution in [2.24, 2.45) is 0 Å². The van der Waals surface area contributed by atoms with Gasteiger partial charge in [-0.2, -0.15) is 0 Å². The molecule has 0 atom stereocenters. The van der Waals surface area contributed by atoms with E-state index in [9.17, 15) is 0 Å². The Morgan fingerprint density at radius 3 is 1.32 bits per heavy atom. The number of nitrogens with zero attached hydrogens (tertiary/aromatic N) is 1. The Kier molecular flexibility index (Phi) is 9.14. The number of benzene rings is 10. The first-order valence-electron chi connectivity index (χ1n) is 22.8. The highest BCUT2D eigenvalue weighted by Gasteiger charge is 2.47. The van der Waals surface area contributed by atoms with Crippen molar-refractivity contribution in [1.29, 1.82) is 0 Å². The molecule has 0 N–H and O–H groups in total. The first kappa shape index (κ1) is 38.7. The highest BCUT2D eigenvalue weighted by atomic mass is 15.1. The third-order valence-corrected chi connectivity index (χ3v) is 14.1. The lowest BCUT2D eigenvalue weighted by Crippen LogP contribution is -2.28. The quantitative estimate of drug-likeness (QED) is 0.147. The van der Waals surface area contributed by atoms with Crippen LogP contribution in [0.2, 0.25) is 0 Å². The Morgan fingerprint density at radius 2 is 0.738 bits per heavy atom. The Labute approximate surface area is 382 Å². The van der Waals surface area contributed by atoms with Crippen LogP contribution < -0.4 is 4.90 Å². The number of fused-ring (bicyclic) bond motifs is 6. The zero-order valence-electron chi connectivity index (χ0n) is 36.6. The summed E-state index contributed by atoms with van der Waals surface area (Å²) in [5.41, 5.74) is 22.9. The largest absolute Gasteiger partial charge is 0.310 e. The average molecular weight is 830 g/mol. The van der Waals surface area contributed by atoms with Crippen LogP contribution in [0, 0.1) is 0 Å². The molecule has 0 unspecified atom stereocenters. The van der Waals surface area contributed by atoms with Crippen molar-refractivity contribution in [2.45, 2.75) is 24.7 Å². The molecule has 1 nitrogen and oxygen atoms in total. The van der Waals surface area contributed by atoms with E-state index >= 15 is 0 Å². The Bertz CT molecular complexity index is 3270. The van der Waals surface area contributed by atoms with Crippen molar-refractivity contribution < 1.29 is 0 Å². The van der Waals surface area contributed by atoms with Crippen LogP contribution in [0.25, 0.3) is 55.6 Å². The maximum atomic E-state index is 2.51. The molecule has 65 heavy (non-hydrogen) atoms. The van der Waals surface area contributed by atoms with E-state index in [4.69, 9.17) is 0 Å². The number of hydrogen-bond donors (Lipinski definition) is 0. The summed E-state index contributed by atoms with van der Waals surface area (Å²) in [7, 11) is 0. The van der Waals surface area contributed by atoms with Crippen molar-refractivity contribution >= 4 is 17.1 Å². The van der Waals surface area contributed by atoms with Gasteiger partial charge in [0, 0.05) is 22.4 Å². The maximum Gasteiger partial charge on any atom is 0.0714 e. The second-order valence-corrected chi connectivity index (χ2v) is 18.0. The van der Waals surface area contributed by atoms with Gasteiger partial charge in [-0.05, 0) is 132 Å². The molecule has 0 saturated heterocycles. The Hall–Kier alpha value is -8.00. The highest BCUT2D eigenvalue weighted by Crippen LogP contribution is 2.60. The van der Waals surface area contributed by atoms with E-state index in [0.717, 1.165) is 17.1 Å². The summed E-state index contributed by atoms with van der Waals surface area (Å²) in [5, 5.41) is 0. The molecule has 0 fully saturated rings. The van der Waals surface area contributed by atoms with Gasteiger partial charge in [0.2, 0.25) is 0 Å². The molecule has 2 aliphatic rings. The predicted octanol–water partition coefficient (Wildman–Crippen LogP) is 16.8. The fourth-order valence-electron chi connectivity index (χ4n) is 11.1. The van der Waals surface area contributed by atoms with E-state index in [1.54, 1.807) is 0 Å². The van der Waals surface area contributed by atoms with Gasteiger partial charge in [-0.1, -0.05) is 214 Å². The van der Waals surface area contributed by atoms with Crippen LogP contribution >= 0.6 is 0 Å². The third kappa shape index (κ3) is 6.15. The summed E-state index contributed by atoms with van der Waals surface area (Å²) < 4.78 is 0. The molecule has 10 aromatic rings. The molecule has 10 aromatic carbocycles.